The van der Waals surface area contributed by atoms with E-state index in [2.05, 4.69) is 5.10 Å². The summed E-state index contributed by atoms with van der Waals surface area (Å²) in [6, 6.07) is 5.49. The predicted molar refractivity (Wildman–Crippen MR) is 79.5 cm³/mol. The minimum atomic E-state index is -2.63. The molecule has 4 rings (SSSR count). The molecule has 1 fully saturated rings. The normalized spacial score (nSPS) is 20.5. The summed E-state index contributed by atoms with van der Waals surface area (Å²) in [5, 5.41) is 13.6. The van der Waals surface area contributed by atoms with Crippen LogP contribution in [0.4, 0.5) is 13.2 Å². The molecule has 24 heavy (non-hydrogen) atoms. The maximum atomic E-state index is 13.4. The molecule has 1 aliphatic heterocycles. The highest BCUT2D eigenvalue weighted by Gasteiger charge is 2.57. The van der Waals surface area contributed by atoms with Crippen LogP contribution in [0, 0.1) is 11.2 Å². The highest BCUT2D eigenvalue weighted by atomic mass is 19.3. The number of carbonyl (C=O) groups is 1. The smallest absolute Gasteiger partial charge is 0.357 e. The molecule has 0 atom stereocenters. The van der Waals surface area contributed by atoms with Crippen molar-refractivity contribution < 1.29 is 23.1 Å². The lowest BCUT2D eigenvalue weighted by molar-refractivity contribution is -0.168. The topological polar surface area (TPSA) is 55.1 Å². The molecule has 2 heterocycles. The van der Waals surface area contributed by atoms with Crippen molar-refractivity contribution in [2.45, 2.75) is 38.2 Å². The molecule has 1 aromatic carbocycles. The van der Waals surface area contributed by atoms with Gasteiger partial charge in [-0.2, -0.15) is 5.10 Å². The molecule has 1 saturated carbocycles. The Kier molecular flexibility index (Phi) is 3.07. The van der Waals surface area contributed by atoms with Crippen LogP contribution in [0.2, 0.25) is 0 Å². The molecule has 1 N–H and O–H groups in total. The van der Waals surface area contributed by atoms with Crippen LogP contribution in [0.5, 0.6) is 0 Å². The highest BCUT2D eigenvalue weighted by molar-refractivity contribution is 5.95. The Morgan fingerprint density at radius 2 is 1.88 bits per heavy atom. The molecule has 2 aliphatic rings. The van der Waals surface area contributed by atoms with E-state index in [1.807, 2.05) is 0 Å². The Bertz CT molecular complexity index is 819. The van der Waals surface area contributed by atoms with Crippen LogP contribution in [0.25, 0.3) is 11.1 Å². The summed E-state index contributed by atoms with van der Waals surface area (Å²) in [7, 11) is 0. The number of fused-ring (bicyclic) bond motifs is 1. The zero-order valence-electron chi connectivity index (χ0n) is 12.7. The van der Waals surface area contributed by atoms with Crippen LogP contribution in [-0.4, -0.2) is 26.8 Å². The van der Waals surface area contributed by atoms with E-state index in [-0.39, 0.29) is 18.5 Å². The zero-order valence-corrected chi connectivity index (χ0v) is 12.7. The molecule has 2 aromatic rings. The van der Waals surface area contributed by atoms with E-state index in [0.717, 1.165) is 0 Å². The van der Waals surface area contributed by atoms with Gasteiger partial charge in [-0.3, -0.25) is 4.68 Å². The summed E-state index contributed by atoms with van der Waals surface area (Å²) in [6.07, 6.45) is 0.599. The quantitative estimate of drug-likeness (QED) is 0.909. The second-order valence-electron chi connectivity index (χ2n) is 6.84. The average Bonchev–Trinajstić information content (AvgIpc) is 2.85. The minimum Gasteiger partial charge on any atom is -0.476 e. The van der Waals surface area contributed by atoms with Crippen LogP contribution in [0.3, 0.4) is 0 Å². The summed E-state index contributed by atoms with van der Waals surface area (Å²) in [4.78, 5) is 11.6. The second kappa shape index (κ2) is 4.84. The number of carboxylic acid groups (broad SMARTS) is 1. The van der Waals surface area contributed by atoms with E-state index in [9.17, 15) is 23.1 Å². The number of alkyl halides is 2. The number of nitrogens with zero attached hydrogens (tertiary/aromatic N) is 2. The molecule has 0 bridgehead atoms. The van der Waals surface area contributed by atoms with E-state index >= 15 is 0 Å². The van der Waals surface area contributed by atoms with Crippen molar-refractivity contribution in [1.82, 2.24) is 9.78 Å². The Morgan fingerprint density at radius 1 is 1.21 bits per heavy atom. The lowest BCUT2D eigenvalue weighted by Crippen LogP contribution is -2.50. The molecule has 1 aromatic heterocycles. The van der Waals surface area contributed by atoms with Gasteiger partial charge in [-0.05, 0) is 36.0 Å². The molecule has 7 heteroatoms. The Labute approximate surface area is 135 Å². The second-order valence-corrected chi connectivity index (χ2v) is 6.84. The van der Waals surface area contributed by atoms with Crippen molar-refractivity contribution in [3.05, 3.63) is 41.5 Å². The van der Waals surface area contributed by atoms with Crippen molar-refractivity contribution in [3.8, 4) is 11.1 Å². The maximum Gasteiger partial charge on any atom is 0.357 e. The zero-order chi connectivity index (χ0) is 17.1. The number of hydrogen-bond donors (Lipinski definition) is 1. The van der Waals surface area contributed by atoms with E-state index in [4.69, 9.17) is 0 Å². The monoisotopic (exact) mass is 336 g/mol. The number of aromatic carboxylic acids is 1. The van der Waals surface area contributed by atoms with Gasteiger partial charge in [0.25, 0.3) is 0 Å². The fourth-order valence-electron chi connectivity index (χ4n) is 4.06. The third kappa shape index (κ3) is 2.30. The Balaban J connectivity index is 1.80. The van der Waals surface area contributed by atoms with E-state index < -0.39 is 23.1 Å². The van der Waals surface area contributed by atoms with Gasteiger partial charge in [0, 0.05) is 30.6 Å². The number of benzene rings is 1. The van der Waals surface area contributed by atoms with Crippen molar-refractivity contribution in [2.24, 2.45) is 5.41 Å². The van der Waals surface area contributed by atoms with Gasteiger partial charge in [0.1, 0.15) is 5.82 Å². The van der Waals surface area contributed by atoms with Crippen molar-refractivity contribution in [3.63, 3.8) is 0 Å². The first kappa shape index (κ1) is 15.2. The maximum absolute atomic E-state index is 13.4. The molecule has 1 spiro atoms. The molecule has 4 nitrogen and oxygen atoms in total. The van der Waals surface area contributed by atoms with Crippen LogP contribution in [-0.2, 0) is 13.0 Å². The number of hydrogen-bond acceptors (Lipinski definition) is 2. The predicted octanol–water partition coefficient (Wildman–Crippen LogP) is 3.75. The highest BCUT2D eigenvalue weighted by Crippen LogP contribution is 2.57. The summed E-state index contributed by atoms with van der Waals surface area (Å²) < 4.78 is 41.6. The fraction of sp³-hybridized carbons (Fsp3) is 0.412. The summed E-state index contributed by atoms with van der Waals surface area (Å²) in [5.41, 5.74) is 1.01. The SMILES string of the molecule is O=C(O)c1nn2c(c1-c1ccc(F)cc1)CC1(CC2)CC(F)(F)C1. The van der Waals surface area contributed by atoms with Gasteiger partial charge in [-0.1, -0.05) is 12.1 Å². The minimum absolute atomic E-state index is 0.111. The molecule has 0 unspecified atom stereocenters. The van der Waals surface area contributed by atoms with Crippen molar-refractivity contribution >= 4 is 5.97 Å². The van der Waals surface area contributed by atoms with Crippen molar-refractivity contribution in [1.29, 1.82) is 0 Å². The number of carboxylic acids is 1. The van der Waals surface area contributed by atoms with E-state index in [0.29, 0.717) is 36.2 Å². The Hall–Kier alpha value is -2.31. The van der Waals surface area contributed by atoms with Gasteiger partial charge in [-0.15, -0.1) is 0 Å². The van der Waals surface area contributed by atoms with Crippen LogP contribution >= 0.6 is 0 Å². The standard InChI is InChI=1S/C17H15F3N2O2/c18-11-3-1-10(2-4-11)13-12-7-16(8-17(19,20)9-16)5-6-22(12)21-14(13)15(23)24/h1-4H,5-9H2,(H,23,24). The molecule has 1 aliphatic carbocycles. The molecular formula is C17H15F3N2O2. The van der Waals surface area contributed by atoms with E-state index in [1.54, 1.807) is 4.68 Å². The Morgan fingerprint density at radius 3 is 2.46 bits per heavy atom. The van der Waals surface area contributed by atoms with Gasteiger partial charge in [0.15, 0.2) is 5.69 Å². The van der Waals surface area contributed by atoms with E-state index in [1.165, 1.54) is 24.3 Å². The van der Waals surface area contributed by atoms with Gasteiger partial charge in [0.2, 0.25) is 5.92 Å². The lowest BCUT2D eigenvalue weighted by atomic mass is 9.60. The largest absolute Gasteiger partial charge is 0.476 e. The molecule has 0 radical (unpaired) electrons. The summed E-state index contributed by atoms with van der Waals surface area (Å²) >= 11 is 0. The van der Waals surface area contributed by atoms with Gasteiger partial charge in [0.05, 0.1) is 0 Å². The number of rotatable bonds is 2. The number of aromatic nitrogens is 2. The molecular weight excluding hydrogens is 321 g/mol. The fourth-order valence-corrected chi connectivity index (χ4v) is 4.06. The van der Waals surface area contributed by atoms with Crippen LogP contribution < -0.4 is 0 Å². The number of aryl methyl sites for hydroxylation is 1. The summed E-state index contributed by atoms with van der Waals surface area (Å²) in [5.74, 6) is -4.23. The first-order valence-electron chi connectivity index (χ1n) is 7.75. The van der Waals surface area contributed by atoms with Crippen molar-refractivity contribution in [2.75, 3.05) is 0 Å². The van der Waals surface area contributed by atoms with Gasteiger partial charge >= 0.3 is 5.97 Å². The third-order valence-corrected chi connectivity index (χ3v) is 5.06. The average molecular weight is 336 g/mol. The summed E-state index contributed by atoms with van der Waals surface area (Å²) in [6.45, 7) is 0.424. The first-order chi connectivity index (χ1) is 11.3. The molecule has 0 saturated heterocycles. The molecule has 0 amide bonds. The van der Waals surface area contributed by atoms with Gasteiger partial charge < -0.3 is 5.11 Å². The first-order valence-corrected chi connectivity index (χ1v) is 7.75. The third-order valence-electron chi connectivity index (χ3n) is 5.06. The van der Waals surface area contributed by atoms with Crippen LogP contribution in [0.1, 0.15) is 35.4 Å². The number of halogens is 3. The molecule has 126 valence electrons. The van der Waals surface area contributed by atoms with Crippen LogP contribution in [0.15, 0.2) is 24.3 Å². The van der Waals surface area contributed by atoms with Gasteiger partial charge in [-0.25, -0.2) is 18.0 Å². The lowest BCUT2D eigenvalue weighted by Gasteiger charge is -2.49.